The van der Waals surface area contributed by atoms with Crippen molar-refractivity contribution in [2.75, 3.05) is 44.8 Å². The van der Waals surface area contributed by atoms with Crippen molar-refractivity contribution < 1.29 is 14.3 Å². The number of benzene rings is 1. The van der Waals surface area contributed by atoms with Crippen molar-refractivity contribution in [1.82, 2.24) is 4.90 Å². The number of nitrogens with one attached hydrogen (secondary N) is 1. The Bertz CT molecular complexity index is 1180. The molecule has 7 nitrogen and oxygen atoms in total. The normalized spacial score (nSPS) is 22.8. The number of ether oxygens (including phenoxy) is 2. The van der Waals surface area contributed by atoms with Crippen molar-refractivity contribution in [3.05, 3.63) is 58.7 Å². The zero-order valence-corrected chi connectivity index (χ0v) is 22.9. The number of aliphatic imine (C=N–C) groups is 1. The first kappa shape index (κ1) is 26.8. The maximum Gasteiger partial charge on any atom is 0.293 e. The number of allylic oxidation sites excluding steroid dienone is 3. The molecule has 1 amide bonds. The van der Waals surface area contributed by atoms with Crippen molar-refractivity contribution in [2.45, 2.75) is 70.8 Å². The molecule has 3 aliphatic heterocycles. The summed E-state index contributed by atoms with van der Waals surface area (Å²) in [6, 6.07) is 6.40. The molecule has 38 heavy (non-hydrogen) atoms. The van der Waals surface area contributed by atoms with Gasteiger partial charge in [-0.3, -0.25) is 4.79 Å². The number of carbonyl (C=O) groups excluding carboxylic acids is 1. The van der Waals surface area contributed by atoms with Gasteiger partial charge in [0.15, 0.2) is 5.71 Å². The molecule has 1 N–H and O–H groups in total. The van der Waals surface area contributed by atoms with Crippen molar-refractivity contribution in [3.63, 3.8) is 0 Å². The third kappa shape index (κ3) is 6.09. The second-order valence-corrected chi connectivity index (χ2v) is 11.8. The van der Waals surface area contributed by atoms with Crippen LogP contribution >= 0.6 is 0 Å². The summed E-state index contributed by atoms with van der Waals surface area (Å²) in [5.74, 6) is 0.0452. The standard InChI is InChI=1S/C31H40N4O3/c1-30(2)12-10-23(11-13-30)25-22-24(6-7-26(25)34-29(36)27-8-9-28(32-3)33-27)31(14-19-37-20-15-31)38-21-18-35-16-4-5-17-35/h6-7,9-10,22H,4-5,8,11-21H2,1-2H3,(H,34,36). The highest BCUT2D eigenvalue weighted by Crippen LogP contribution is 2.43. The highest BCUT2D eigenvalue weighted by molar-refractivity contribution is 6.44. The van der Waals surface area contributed by atoms with E-state index >= 15 is 0 Å². The zero-order valence-electron chi connectivity index (χ0n) is 22.9. The van der Waals surface area contributed by atoms with Gasteiger partial charge in [-0.2, -0.15) is 0 Å². The van der Waals surface area contributed by atoms with E-state index in [9.17, 15) is 4.79 Å². The largest absolute Gasteiger partial charge is 0.381 e. The van der Waals surface area contributed by atoms with Gasteiger partial charge < -0.3 is 24.5 Å². The van der Waals surface area contributed by atoms with Crippen LogP contribution in [-0.2, 0) is 19.9 Å². The number of amides is 1. The van der Waals surface area contributed by atoms with E-state index in [0.717, 1.165) is 55.5 Å². The molecule has 4 aliphatic rings. The number of hydrogen-bond acceptors (Lipinski definition) is 5. The van der Waals surface area contributed by atoms with Gasteiger partial charge in [0.2, 0.25) is 0 Å². The summed E-state index contributed by atoms with van der Waals surface area (Å²) in [6.45, 7) is 17.2. The van der Waals surface area contributed by atoms with Crippen LogP contribution in [0.25, 0.3) is 10.4 Å². The van der Waals surface area contributed by atoms with E-state index in [0.29, 0.717) is 32.0 Å². The molecule has 1 aromatic rings. The molecule has 0 spiro atoms. The van der Waals surface area contributed by atoms with Crippen LogP contribution in [0.2, 0.25) is 0 Å². The average Bonchev–Trinajstić information content (AvgIpc) is 3.62. The van der Waals surface area contributed by atoms with Crippen LogP contribution in [0.5, 0.6) is 0 Å². The quantitative estimate of drug-likeness (QED) is 0.434. The molecule has 0 unspecified atom stereocenters. The molecule has 0 radical (unpaired) electrons. The fourth-order valence-corrected chi connectivity index (χ4v) is 5.94. The molecule has 0 atom stereocenters. The highest BCUT2D eigenvalue weighted by atomic mass is 16.5. The van der Waals surface area contributed by atoms with Crippen molar-refractivity contribution in [3.8, 4) is 0 Å². The van der Waals surface area contributed by atoms with Crippen molar-refractivity contribution in [1.29, 1.82) is 0 Å². The lowest BCUT2D eigenvalue weighted by molar-refractivity contribution is -0.119. The molecule has 0 bridgehead atoms. The molecule has 1 aromatic carbocycles. The number of hydrogen-bond donors (Lipinski definition) is 1. The Morgan fingerprint density at radius 3 is 2.66 bits per heavy atom. The van der Waals surface area contributed by atoms with Crippen LogP contribution in [0.15, 0.2) is 41.2 Å². The Labute approximate surface area is 226 Å². The first-order chi connectivity index (χ1) is 18.4. The third-order valence-electron chi connectivity index (χ3n) is 8.50. The molecule has 1 aliphatic carbocycles. The summed E-state index contributed by atoms with van der Waals surface area (Å²) in [6.07, 6.45) is 11.7. The van der Waals surface area contributed by atoms with Gasteiger partial charge in [0.1, 0.15) is 0 Å². The van der Waals surface area contributed by atoms with Gasteiger partial charge in [-0.25, -0.2) is 0 Å². The molecule has 0 aromatic heterocycles. The maximum atomic E-state index is 13.1. The SMILES string of the molecule is [C-]#[N+]C1=CCC(C(=O)Nc2ccc(C3(OCCN4CCCC4)CCOCC3)cc2C2=CCC(C)(C)CC2)=N1. The lowest BCUT2D eigenvalue weighted by Gasteiger charge is -2.39. The molecule has 0 saturated carbocycles. The monoisotopic (exact) mass is 516 g/mol. The van der Waals surface area contributed by atoms with Crippen LogP contribution < -0.4 is 5.32 Å². The van der Waals surface area contributed by atoms with Gasteiger partial charge in [0.05, 0.1) is 12.2 Å². The third-order valence-corrected chi connectivity index (χ3v) is 8.50. The highest BCUT2D eigenvalue weighted by Gasteiger charge is 2.37. The van der Waals surface area contributed by atoms with Gasteiger partial charge in [0, 0.05) is 50.3 Å². The minimum atomic E-state index is -0.381. The number of nitrogens with zero attached hydrogens (tertiary/aromatic N) is 3. The molecule has 7 heteroatoms. The minimum absolute atomic E-state index is 0.242. The Hall–Kier alpha value is -2.79. The Morgan fingerprint density at radius 2 is 1.97 bits per heavy atom. The molecular formula is C31H40N4O3. The summed E-state index contributed by atoms with van der Waals surface area (Å²) in [4.78, 5) is 23.1. The van der Waals surface area contributed by atoms with Crippen LogP contribution in [0, 0.1) is 12.0 Å². The maximum absolute atomic E-state index is 13.1. The molecular weight excluding hydrogens is 476 g/mol. The number of anilines is 1. The zero-order chi connectivity index (χ0) is 26.6. The number of rotatable bonds is 8. The number of likely N-dealkylation sites (tertiary alicyclic amines) is 1. The van der Waals surface area contributed by atoms with E-state index in [4.69, 9.17) is 16.0 Å². The van der Waals surface area contributed by atoms with E-state index in [1.807, 2.05) is 6.07 Å². The second kappa shape index (κ2) is 11.5. The van der Waals surface area contributed by atoms with E-state index in [-0.39, 0.29) is 22.7 Å². The summed E-state index contributed by atoms with van der Waals surface area (Å²) in [7, 11) is 0. The summed E-state index contributed by atoms with van der Waals surface area (Å²) in [5.41, 5.74) is 4.58. The van der Waals surface area contributed by atoms with E-state index in [1.54, 1.807) is 6.08 Å². The summed E-state index contributed by atoms with van der Waals surface area (Å²) < 4.78 is 12.5. The van der Waals surface area contributed by atoms with E-state index in [2.05, 4.69) is 52.1 Å². The topological polar surface area (TPSA) is 67.5 Å². The Balaban J connectivity index is 1.43. The Morgan fingerprint density at radius 1 is 1.18 bits per heavy atom. The fourth-order valence-electron chi connectivity index (χ4n) is 5.94. The van der Waals surface area contributed by atoms with Gasteiger partial charge in [-0.1, -0.05) is 38.6 Å². The van der Waals surface area contributed by atoms with Gasteiger partial charge in [-0.15, -0.1) is 4.99 Å². The van der Waals surface area contributed by atoms with Crippen molar-refractivity contribution in [2.24, 2.45) is 10.4 Å². The summed E-state index contributed by atoms with van der Waals surface area (Å²) in [5, 5.41) is 3.12. The summed E-state index contributed by atoms with van der Waals surface area (Å²) >= 11 is 0. The van der Waals surface area contributed by atoms with Crippen LogP contribution in [0.4, 0.5) is 5.69 Å². The molecule has 2 fully saturated rings. The lowest BCUT2D eigenvalue weighted by Crippen LogP contribution is -2.39. The number of carbonyl (C=O) groups is 1. The van der Waals surface area contributed by atoms with Gasteiger partial charge in [-0.05, 0) is 73.9 Å². The first-order valence-electron chi connectivity index (χ1n) is 14.1. The molecule has 5 rings (SSSR count). The smallest absolute Gasteiger partial charge is 0.293 e. The fraction of sp³-hybridized carbons (Fsp3) is 0.581. The van der Waals surface area contributed by atoms with Crippen LogP contribution in [0.1, 0.15) is 76.3 Å². The average molecular weight is 517 g/mol. The van der Waals surface area contributed by atoms with E-state index in [1.165, 1.54) is 31.5 Å². The van der Waals surface area contributed by atoms with Crippen LogP contribution in [0.3, 0.4) is 0 Å². The molecule has 3 heterocycles. The lowest BCUT2D eigenvalue weighted by atomic mass is 9.76. The molecule has 2 saturated heterocycles. The minimum Gasteiger partial charge on any atom is -0.381 e. The van der Waals surface area contributed by atoms with Crippen LogP contribution in [-0.4, -0.2) is 56.0 Å². The van der Waals surface area contributed by atoms with E-state index < -0.39 is 0 Å². The molecule has 202 valence electrons. The Kier molecular flexibility index (Phi) is 8.13. The predicted octanol–water partition coefficient (Wildman–Crippen LogP) is 5.94. The van der Waals surface area contributed by atoms with Gasteiger partial charge in [0.25, 0.3) is 11.7 Å². The first-order valence-corrected chi connectivity index (χ1v) is 14.1. The van der Waals surface area contributed by atoms with Crippen molar-refractivity contribution >= 4 is 22.9 Å². The predicted molar refractivity (Wildman–Crippen MR) is 151 cm³/mol. The van der Waals surface area contributed by atoms with Gasteiger partial charge >= 0.3 is 0 Å². The second-order valence-electron chi connectivity index (χ2n) is 11.8.